The lowest BCUT2D eigenvalue weighted by atomic mass is 9.82. The maximum atomic E-state index is 5.22. The lowest BCUT2D eigenvalue weighted by molar-refractivity contribution is 0.440. The SMILES string of the molecule is CC1(c2ccc(Br)cc2)CC(c2ccc(Br)cc2)=Nc2cccc3c2N1CCC3. The van der Waals surface area contributed by atoms with Gasteiger partial charge >= 0.3 is 0 Å². The van der Waals surface area contributed by atoms with Crippen molar-refractivity contribution in [1.29, 1.82) is 0 Å². The Morgan fingerprint density at radius 2 is 1.59 bits per heavy atom. The first kappa shape index (κ1) is 19.1. The third-order valence-electron chi connectivity index (χ3n) is 6.20. The molecule has 0 N–H and O–H groups in total. The van der Waals surface area contributed by atoms with E-state index in [0.717, 1.165) is 39.7 Å². The Morgan fingerprint density at radius 3 is 2.31 bits per heavy atom. The number of benzene rings is 3. The van der Waals surface area contributed by atoms with Crippen LogP contribution in [0.5, 0.6) is 0 Å². The molecule has 0 saturated carbocycles. The molecule has 4 heteroatoms. The molecule has 2 heterocycles. The second-order valence-corrected chi connectivity index (χ2v) is 9.89. The molecule has 146 valence electrons. The highest BCUT2D eigenvalue weighted by Crippen LogP contribution is 2.48. The smallest absolute Gasteiger partial charge is 0.0869 e. The van der Waals surface area contributed by atoms with Gasteiger partial charge in [0.05, 0.1) is 22.6 Å². The highest BCUT2D eigenvalue weighted by atomic mass is 79.9. The summed E-state index contributed by atoms with van der Waals surface area (Å²) >= 11 is 7.16. The molecular weight excluding hydrogens is 488 g/mol. The molecule has 3 aromatic rings. The van der Waals surface area contributed by atoms with Gasteiger partial charge in [-0.25, -0.2) is 0 Å². The Bertz CT molecular complexity index is 1090. The minimum Gasteiger partial charge on any atom is -0.360 e. The van der Waals surface area contributed by atoms with Gasteiger partial charge < -0.3 is 4.90 Å². The highest BCUT2D eigenvalue weighted by molar-refractivity contribution is 9.10. The van der Waals surface area contributed by atoms with Crippen molar-refractivity contribution in [3.63, 3.8) is 0 Å². The lowest BCUT2D eigenvalue weighted by Crippen LogP contribution is -2.47. The second-order valence-electron chi connectivity index (χ2n) is 8.06. The van der Waals surface area contributed by atoms with Crippen LogP contribution in [0.15, 0.2) is 80.7 Å². The molecule has 0 fully saturated rings. The zero-order chi connectivity index (χ0) is 20.0. The fourth-order valence-corrected chi connectivity index (χ4v) is 5.23. The molecule has 1 atom stereocenters. The molecule has 0 spiro atoms. The minimum atomic E-state index is -0.158. The van der Waals surface area contributed by atoms with Gasteiger partial charge in [0, 0.05) is 21.9 Å². The van der Waals surface area contributed by atoms with Gasteiger partial charge in [-0.2, -0.15) is 0 Å². The summed E-state index contributed by atoms with van der Waals surface area (Å²) in [5, 5.41) is 0. The van der Waals surface area contributed by atoms with Gasteiger partial charge in [0.15, 0.2) is 0 Å². The second kappa shape index (κ2) is 7.41. The summed E-state index contributed by atoms with van der Waals surface area (Å²) in [5.41, 5.74) is 7.33. The summed E-state index contributed by atoms with van der Waals surface area (Å²) in [6.45, 7) is 3.43. The molecular formula is C25H22Br2N2. The molecule has 1 unspecified atom stereocenters. The summed E-state index contributed by atoms with van der Waals surface area (Å²) in [7, 11) is 0. The topological polar surface area (TPSA) is 15.6 Å². The average molecular weight is 510 g/mol. The van der Waals surface area contributed by atoms with Crippen LogP contribution < -0.4 is 4.90 Å². The van der Waals surface area contributed by atoms with Crippen molar-refractivity contribution in [2.45, 2.75) is 31.7 Å². The van der Waals surface area contributed by atoms with Crippen LogP contribution in [0.3, 0.4) is 0 Å². The number of rotatable bonds is 2. The van der Waals surface area contributed by atoms with E-state index in [4.69, 9.17) is 4.99 Å². The third kappa shape index (κ3) is 3.36. The maximum absolute atomic E-state index is 5.22. The summed E-state index contributed by atoms with van der Waals surface area (Å²) in [6.07, 6.45) is 3.17. The van der Waals surface area contributed by atoms with Crippen LogP contribution in [0, 0.1) is 0 Å². The predicted molar refractivity (Wildman–Crippen MR) is 129 cm³/mol. The van der Waals surface area contributed by atoms with Gasteiger partial charge in [-0.3, -0.25) is 4.99 Å². The van der Waals surface area contributed by atoms with Crippen molar-refractivity contribution in [2.24, 2.45) is 4.99 Å². The summed E-state index contributed by atoms with van der Waals surface area (Å²) in [4.78, 5) is 7.83. The Morgan fingerprint density at radius 1 is 0.897 bits per heavy atom. The first-order chi connectivity index (χ1) is 14.0. The molecule has 2 aliphatic rings. The van der Waals surface area contributed by atoms with E-state index >= 15 is 0 Å². The zero-order valence-electron chi connectivity index (χ0n) is 16.3. The molecule has 29 heavy (non-hydrogen) atoms. The number of anilines is 1. The lowest BCUT2D eigenvalue weighted by Gasteiger charge is -2.45. The van der Waals surface area contributed by atoms with Crippen molar-refractivity contribution in [3.05, 3.63) is 92.4 Å². The number of para-hydroxylation sites is 1. The number of hydrogen-bond acceptors (Lipinski definition) is 2. The Balaban J connectivity index is 1.73. The van der Waals surface area contributed by atoms with E-state index in [9.17, 15) is 0 Å². The van der Waals surface area contributed by atoms with E-state index in [0.29, 0.717) is 0 Å². The number of halogens is 2. The monoisotopic (exact) mass is 508 g/mol. The van der Waals surface area contributed by atoms with Gasteiger partial charge in [-0.1, -0.05) is 68.3 Å². The fourth-order valence-electron chi connectivity index (χ4n) is 4.70. The molecule has 0 saturated heterocycles. The van der Waals surface area contributed by atoms with E-state index in [2.05, 4.69) is 110 Å². The van der Waals surface area contributed by atoms with Gasteiger partial charge in [-0.05, 0) is 66.8 Å². The average Bonchev–Trinajstić information content (AvgIpc) is 2.86. The van der Waals surface area contributed by atoms with E-state index in [-0.39, 0.29) is 5.54 Å². The number of nitrogens with zero attached hydrogens (tertiary/aromatic N) is 2. The molecule has 2 nitrogen and oxygen atoms in total. The van der Waals surface area contributed by atoms with Crippen molar-refractivity contribution in [1.82, 2.24) is 0 Å². The van der Waals surface area contributed by atoms with Crippen LogP contribution in [-0.4, -0.2) is 12.3 Å². The van der Waals surface area contributed by atoms with Gasteiger partial charge in [0.1, 0.15) is 0 Å². The van der Waals surface area contributed by atoms with Crippen molar-refractivity contribution >= 4 is 48.9 Å². The van der Waals surface area contributed by atoms with Crippen molar-refractivity contribution < 1.29 is 0 Å². The van der Waals surface area contributed by atoms with E-state index < -0.39 is 0 Å². The molecule has 0 aliphatic carbocycles. The Kier molecular flexibility index (Phi) is 4.87. The quantitative estimate of drug-likeness (QED) is 0.351. The summed E-state index contributed by atoms with van der Waals surface area (Å²) in [6, 6.07) is 24.0. The summed E-state index contributed by atoms with van der Waals surface area (Å²) in [5.74, 6) is 0. The molecule has 3 aromatic carbocycles. The predicted octanol–water partition coefficient (Wildman–Crippen LogP) is 7.40. The minimum absolute atomic E-state index is 0.158. The Labute approximate surface area is 188 Å². The van der Waals surface area contributed by atoms with E-state index in [1.165, 1.54) is 28.8 Å². The third-order valence-corrected chi connectivity index (χ3v) is 7.26. The van der Waals surface area contributed by atoms with Crippen molar-refractivity contribution in [2.75, 3.05) is 11.4 Å². The van der Waals surface area contributed by atoms with Crippen LogP contribution in [0.25, 0.3) is 0 Å². The highest BCUT2D eigenvalue weighted by Gasteiger charge is 2.40. The molecule has 2 aliphatic heterocycles. The molecule has 0 amide bonds. The largest absolute Gasteiger partial charge is 0.360 e. The first-order valence-electron chi connectivity index (χ1n) is 10.0. The first-order valence-corrected chi connectivity index (χ1v) is 11.6. The van der Waals surface area contributed by atoms with Crippen LogP contribution >= 0.6 is 31.9 Å². The van der Waals surface area contributed by atoms with Gasteiger partial charge in [0.25, 0.3) is 0 Å². The van der Waals surface area contributed by atoms with Crippen LogP contribution in [0.1, 0.15) is 36.5 Å². The molecule has 0 bridgehead atoms. The van der Waals surface area contributed by atoms with Gasteiger partial charge in [0.2, 0.25) is 0 Å². The molecule has 0 radical (unpaired) electrons. The van der Waals surface area contributed by atoms with Crippen molar-refractivity contribution in [3.8, 4) is 0 Å². The van der Waals surface area contributed by atoms with Gasteiger partial charge in [-0.15, -0.1) is 0 Å². The zero-order valence-corrected chi connectivity index (χ0v) is 19.5. The van der Waals surface area contributed by atoms with Crippen LogP contribution in [0.2, 0.25) is 0 Å². The fraction of sp³-hybridized carbons (Fsp3) is 0.240. The number of aliphatic imine (C=N–C) groups is 1. The normalized spacial score (nSPS) is 20.7. The summed E-state index contributed by atoms with van der Waals surface area (Å²) < 4.78 is 2.20. The molecule has 0 aromatic heterocycles. The van der Waals surface area contributed by atoms with E-state index in [1.54, 1.807) is 0 Å². The number of aryl methyl sites for hydroxylation is 1. The maximum Gasteiger partial charge on any atom is 0.0869 e. The molecule has 5 rings (SSSR count). The van der Waals surface area contributed by atoms with Crippen LogP contribution in [0.4, 0.5) is 11.4 Å². The standard InChI is InChI=1S/C25H22Br2N2/c1-25(19-9-13-21(27)14-10-19)16-23(17-7-11-20(26)12-8-17)28-22-6-2-4-18-5-3-15-29(25)24(18)22/h2,4,6-14H,3,5,15-16H2,1H3. The van der Waals surface area contributed by atoms with Crippen LogP contribution in [-0.2, 0) is 12.0 Å². The number of hydrogen-bond donors (Lipinski definition) is 0. The van der Waals surface area contributed by atoms with E-state index in [1.807, 2.05) is 0 Å². The Hall–Kier alpha value is -1.91.